The Bertz CT molecular complexity index is 354. The molecule has 0 atom stereocenters. The molecule has 5 heteroatoms. The van der Waals surface area contributed by atoms with Gasteiger partial charge >= 0.3 is 5.97 Å². The van der Waals surface area contributed by atoms with E-state index in [1.165, 1.54) is 17.6 Å². The molecule has 0 radical (unpaired) electrons. The Morgan fingerprint density at radius 1 is 1.46 bits per heavy atom. The van der Waals surface area contributed by atoms with Crippen molar-refractivity contribution in [2.24, 2.45) is 7.05 Å². The van der Waals surface area contributed by atoms with Crippen LogP contribution >= 0.6 is 0 Å². The molecule has 0 aromatic carbocycles. The number of amides is 1. The van der Waals surface area contributed by atoms with Gasteiger partial charge in [-0.1, -0.05) is 0 Å². The van der Waals surface area contributed by atoms with Crippen LogP contribution in [0, 0.1) is 0 Å². The van der Waals surface area contributed by atoms with E-state index in [1.807, 2.05) is 0 Å². The van der Waals surface area contributed by atoms with Crippen LogP contribution in [0.3, 0.4) is 0 Å². The van der Waals surface area contributed by atoms with Crippen molar-refractivity contribution in [3.05, 3.63) is 17.8 Å². The van der Waals surface area contributed by atoms with Crippen molar-refractivity contribution < 1.29 is 14.7 Å². The SMILES string of the molecule is CC(=O)Nc1ccc(C(=O)O)n1C. The van der Waals surface area contributed by atoms with Crippen molar-refractivity contribution in [2.75, 3.05) is 5.32 Å². The van der Waals surface area contributed by atoms with Crippen molar-refractivity contribution in [3.8, 4) is 0 Å². The third kappa shape index (κ3) is 1.87. The zero-order valence-electron chi connectivity index (χ0n) is 7.37. The number of aromatic carboxylic acids is 1. The van der Waals surface area contributed by atoms with Gasteiger partial charge in [-0.25, -0.2) is 4.79 Å². The molecule has 0 fully saturated rings. The molecule has 1 rings (SSSR count). The number of aromatic nitrogens is 1. The zero-order chi connectivity index (χ0) is 10.0. The third-order valence-corrected chi connectivity index (χ3v) is 1.65. The average molecular weight is 182 g/mol. The first kappa shape index (κ1) is 9.31. The summed E-state index contributed by atoms with van der Waals surface area (Å²) in [7, 11) is 1.58. The monoisotopic (exact) mass is 182 g/mol. The molecule has 0 aliphatic heterocycles. The van der Waals surface area contributed by atoms with Crippen LogP contribution in [0.15, 0.2) is 12.1 Å². The van der Waals surface area contributed by atoms with Gasteiger partial charge in [0.1, 0.15) is 11.5 Å². The maximum Gasteiger partial charge on any atom is 0.352 e. The summed E-state index contributed by atoms with van der Waals surface area (Å²) in [6.45, 7) is 1.37. The summed E-state index contributed by atoms with van der Waals surface area (Å²) in [6, 6.07) is 2.98. The van der Waals surface area contributed by atoms with E-state index in [-0.39, 0.29) is 11.6 Å². The lowest BCUT2D eigenvalue weighted by Crippen LogP contribution is -2.12. The van der Waals surface area contributed by atoms with Crippen molar-refractivity contribution in [1.82, 2.24) is 4.57 Å². The Hall–Kier alpha value is -1.78. The van der Waals surface area contributed by atoms with Gasteiger partial charge in [-0.3, -0.25) is 4.79 Å². The van der Waals surface area contributed by atoms with Gasteiger partial charge in [-0.15, -0.1) is 0 Å². The second-order valence-electron chi connectivity index (χ2n) is 2.65. The smallest absolute Gasteiger partial charge is 0.352 e. The number of carboxylic acid groups (broad SMARTS) is 1. The minimum Gasteiger partial charge on any atom is -0.477 e. The Labute approximate surface area is 75.0 Å². The van der Waals surface area contributed by atoms with Gasteiger partial charge in [0.25, 0.3) is 0 Å². The molecule has 1 aromatic heterocycles. The van der Waals surface area contributed by atoms with E-state index in [0.29, 0.717) is 5.82 Å². The summed E-state index contributed by atoms with van der Waals surface area (Å²) >= 11 is 0. The molecule has 1 heterocycles. The minimum absolute atomic E-state index is 0.142. The van der Waals surface area contributed by atoms with Crippen LogP contribution in [0.1, 0.15) is 17.4 Å². The van der Waals surface area contributed by atoms with E-state index in [0.717, 1.165) is 0 Å². The fourth-order valence-corrected chi connectivity index (χ4v) is 1.03. The van der Waals surface area contributed by atoms with Crippen LogP contribution in [-0.2, 0) is 11.8 Å². The number of nitrogens with one attached hydrogen (secondary N) is 1. The minimum atomic E-state index is -1.01. The van der Waals surface area contributed by atoms with Crippen LogP contribution in [0.2, 0.25) is 0 Å². The van der Waals surface area contributed by atoms with Gasteiger partial charge in [0.15, 0.2) is 0 Å². The van der Waals surface area contributed by atoms with Crippen LogP contribution in [0.4, 0.5) is 5.82 Å². The highest BCUT2D eigenvalue weighted by Gasteiger charge is 2.10. The highest BCUT2D eigenvalue weighted by Crippen LogP contribution is 2.12. The van der Waals surface area contributed by atoms with E-state index in [1.54, 1.807) is 13.1 Å². The first-order chi connectivity index (χ1) is 6.02. The molecule has 0 saturated carbocycles. The van der Waals surface area contributed by atoms with E-state index in [9.17, 15) is 9.59 Å². The van der Waals surface area contributed by atoms with Crippen molar-refractivity contribution in [1.29, 1.82) is 0 Å². The summed E-state index contributed by atoms with van der Waals surface area (Å²) in [5, 5.41) is 11.2. The molecule has 0 aliphatic carbocycles. The molecule has 1 aromatic rings. The van der Waals surface area contributed by atoms with Crippen LogP contribution in [-0.4, -0.2) is 21.6 Å². The van der Waals surface area contributed by atoms with Crippen molar-refractivity contribution in [2.45, 2.75) is 6.92 Å². The lowest BCUT2D eigenvalue weighted by atomic mass is 10.4. The van der Waals surface area contributed by atoms with E-state index >= 15 is 0 Å². The summed E-state index contributed by atoms with van der Waals surface area (Å²) in [6.07, 6.45) is 0. The van der Waals surface area contributed by atoms with E-state index in [4.69, 9.17) is 5.11 Å². The molecule has 13 heavy (non-hydrogen) atoms. The van der Waals surface area contributed by atoms with Gasteiger partial charge in [0, 0.05) is 14.0 Å². The largest absolute Gasteiger partial charge is 0.477 e. The lowest BCUT2D eigenvalue weighted by Gasteiger charge is -2.04. The maximum absolute atomic E-state index is 10.7. The third-order valence-electron chi connectivity index (χ3n) is 1.65. The first-order valence-electron chi connectivity index (χ1n) is 3.69. The number of hydrogen-bond acceptors (Lipinski definition) is 2. The number of carboxylic acids is 1. The first-order valence-corrected chi connectivity index (χ1v) is 3.69. The summed E-state index contributed by atoms with van der Waals surface area (Å²) in [5.74, 6) is -0.762. The molecule has 70 valence electrons. The Morgan fingerprint density at radius 3 is 2.46 bits per heavy atom. The fraction of sp³-hybridized carbons (Fsp3) is 0.250. The van der Waals surface area contributed by atoms with Crippen LogP contribution in [0.25, 0.3) is 0 Å². The molecule has 0 spiro atoms. The molecule has 2 N–H and O–H groups in total. The zero-order valence-corrected chi connectivity index (χ0v) is 7.37. The van der Waals surface area contributed by atoms with Gasteiger partial charge in [0.2, 0.25) is 5.91 Å². The van der Waals surface area contributed by atoms with Crippen LogP contribution < -0.4 is 5.32 Å². The number of anilines is 1. The van der Waals surface area contributed by atoms with E-state index < -0.39 is 5.97 Å². The standard InChI is InChI=1S/C8H10N2O3/c1-5(11)9-7-4-3-6(8(12)13)10(7)2/h3-4H,1-2H3,(H,9,11)(H,12,13). The predicted molar refractivity (Wildman–Crippen MR) is 46.7 cm³/mol. The Morgan fingerprint density at radius 2 is 2.08 bits per heavy atom. The molecule has 0 aliphatic rings. The highest BCUT2D eigenvalue weighted by molar-refractivity contribution is 5.91. The van der Waals surface area contributed by atoms with Gasteiger partial charge in [0.05, 0.1) is 0 Å². The molecule has 5 nitrogen and oxygen atoms in total. The molecule has 0 bridgehead atoms. The second kappa shape index (κ2) is 3.30. The molecular formula is C8H10N2O3. The number of hydrogen-bond donors (Lipinski definition) is 2. The molecule has 0 unspecified atom stereocenters. The summed E-state index contributed by atoms with van der Waals surface area (Å²) in [5.41, 5.74) is 0.142. The summed E-state index contributed by atoms with van der Waals surface area (Å²) < 4.78 is 1.41. The second-order valence-corrected chi connectivity index (χ2v) is 2.65. The Kier molecular flexibility index (Phi) is 2.36. The highest BCUT2D eigenvalue weighted by atomic mass is 16.4. The molecule has 0 saturated heterocycles. The number of rotatable bonds is 2. The fourth-order valence-electron chi connectivity index (χ4n) is 1.03. The predicted octanol–water partition coefficient (Wildman–Crippen LogP) is 0.682. The molecular weight excluding hydrogens is 172 g/mol. The number of nitrogens with zero attached hydrogens (tertiary/aromatic N) is 1. The van der Waals surface area contributed by atoms with Gasteiger partial charge in [-0.05, 0) is 12.1 Å². The van der Waals surface area contributed by atoms with Crippen molar-refractivity contribution in [3.63, 3.8) is 0 Å². The lowest BCUT2D eigenvalue weighted by molar-refractivity contribution is -0.114. The van der Waals surface area contributed by atoms with E-state index in [2.05, 4.69) is 5.32 Å². The van der Waals surface area contributed by atoms with Gasteiger partial charge in [-0.2, -0.15) is 0 Å². The number of carbonyl (C=O) groups excluding carboxylic acids is 1. The normalized spacial score (nSPS) is 9.69. The Balaban J connectivity index is 2.99. The maximum atomic E-state index is 10.7. The van der Waals surface area contributed by atoms with Gasteiger partial charge < -0.3 is 15.0 Å². The average Bonchev–Trinajstić information content (AvgIpc) is 2.32. The van der Waals surface area contributed by atoms with Crippen LogP contribution in [0.5, 0.6) is 0 Å². The summed E-state index contributed by atoms with van der Waals surface area (Å²) in [4.78, 5) is 21.3. The number of carbonyl (C=O) groups is 2. The van der Waals surface area contributed by atoms with Crippen molar-refractivity contribution >= 4 is 17.7 Å². The molecule has 1 amide bonds. The quantitative estimate of drug-likeness (QED) is 0.706. The topological polar surface area (TPSA) is 71.3 Å².